The molecule has 0 unspecified atom stereocenters. The molecule has 25 heavy (non-hydrogen) atoms. The van der Waals surface area contributed by atoms with Crippen molar-refractivity contribution < 1.29 is 9.90 Å². The number of nitrogens with zero attached hydrogens (tertiary/aromatic N) is 5. The van der Waals surface area contributed by atoms with Crippen molar-refractivity contribution >= 4 is 22.6 Å². The van der Waals surface area contributed by atoms with Crippen LogP contribution in [0.4, 0.5) is 0 Å². The van der Waals surface area contributed by atoms with Crippen molar-refractivity contribution in [2.75, 3.05) is 0 Å². The van der Waals surface area contributed by atoms with Gasteiger partial charge in [-0.25, -0.2) is 9.31 Å². The molecule has 1 aromatic carbocycles. The maximum absolute atomic E-state index is 12.8. The Balaban J connectivity index is 1.86. The number of fused-ring (bicyclic) bond motifs is 3. The van der Waals surface area contributed by atoms with Crippen molar-refractivity contribution in [3.8, 4) is 0 Å². The van der Waals surface area contributed by atoms with E-state index in [4.69, 9.17) is 0 Å². The lowest BCUT2D eigenvalue weighted by atomic mass is 10.1. The van der Waals surface area contributed by atoms with E-state index in [0.717, 1.165) is 5.56 Å². The van der Waals surface area contributed by atoms with Gasteiger partial charge in [-0.3, -0.25) is 9.36 Å². The monoisotopic (exact) mass is 335 g/mol. The van der Waals surface area contributed by atoms with Gasteiger partial charge in [0.05, 0.1) is 6.20 Å². The van der Waals surface area contributed by atoms with Crippen molar-refractivity contribution in [3.05, 3.63) is 70.8 Å². The molecule has 8 heteroatoms. The largest absolute Gasteiger partial charge is 0.480 e. The summed E-state index contributed by atoms with van der Waals surface area (Å²) in [7, 11) is 0. The van der Waals surface area contributed by atoms with Crippen LogP contribution in [0.15, 0.2) is 59.7 Å². The average molecular weight is 335 g/mol. The van der Waals surface area contributed by atoms with Crippen molar-refractivity contribution in [1.82, 2.24) is 24.4 Å². The molecular weight excluding hydrogens is 322 g/mol. The second-order valence-corrected chi connectivity index (χ2v) is 5.61. The Labute approximate surface area is 141 Å². The standard InChI is InChI=1S/C17H13N5O3/c23-16-15-12(22-14(19-20-15)6-8-18-22)7-9-21(16)13(17(24)25)10-11-4-2-1-3-5-11/h1-9,13H,10H2,(H,24,25)/t13-/m1/s1. The van der Waals surface area contributed by atoms with Gasteiger partial charge in [0.25, 0.3) is 5.56 Å². The van der Waals surface area contributed by atoms with Crippen LogP contribution in [0.3, 0.4) is 0 Å². The first-order chi connectivity index (χ1) is 12.1. The van der Waals surface area contributed by atoms with Crippen molar-refractivity contribution in [1.29, 1.82) is 0 Å². The number of carbonyl (C=O) groups is 1. The van der Waals surface area contributed by atoms with Crippen LogP contribution < -0.4 is 5.56 Å². The summed E-state index contributed by atoms with van der Waals surface area (Å²) in [5.41, 5.74) is 1.41. The number of aromatic nitrogens is 5. The summed E-state index contributed by atoms with van der Waals surface area (Å²) in [4.78, 5) is 24.5. The van der Waals surface area contributed by atoms with Gasteiger partial charge in [-0.2, -0.15) is 5.10 Å². The van der Waals surface area contributed by atoms with E-state index in [1.54, 1.807) is 18.3 Å². The van der Waals surface area contributed by atoms with Crippen LogP contribution in [-0.4, -0.2) is 35.5 Å². The molecule has 0 aliphatic rings. The highest BCUT2D eigenvalue weighted by molar-refractivity contribution is 5.76. The van der Waals surface area contributed by atoms with Crippen molar-refractivity contribution in [2.45, 2.75) is 12.5 Å². The molecule has 0 saturated heterocycles. The zero-order valence-electron chi connectivity index (χ0n) is 13.0. The fraction of sp³-hybridized carbons (Fsp3) is 0.118. The van der Waals surface area contributed by atoms with E-state index in [9.17, 15) is 14.7 Å². The molecule has 124 valence electrons. The molecule has 4 aromatic rings. The number of aliphatic carboxylic acids is 1. The molecule has 0 aliphatic heterocycles. The third kappa shape index (κ3) is 2.53. The normalized spacial score (nSPS) is 12.5. The molecule has 0 amide bonds. The fourth-order valence-corrected chi connectivity index (χ4v) is 2.84. The molecular formula is C17H13N5O3. The third-order valence-corrected chi connectivity index (χ3v) is 4.07. The molecule has 0 spiro atoms. The summed E-state index contributed by atoms with van der Waals surface area (Å²) in [6.07, 6.45) is 3.22. The summed E-state index contributed by atoms with van der Waals surface area (Å²) in [6.45, 7) is 0. The molecule has 1 N–H and O–H groups in total. The van der Waals surface area contributed by atoms with Crippen LogP contribution in [0, 0.1) is 0 Å². The summed E-state index contributed by atoms with van der Waals surface area (Å²) in [5.74, 6) is -1.08. The number of carboxylic acid groups (broad SMARTS) is 1. The lowest BCUT2D eigenvalue weighted by Crippen LogP contribution is -2.31. The number of rotatable bonds is 4. The Kier molecular flexibility index (Phi) is 3.50. The highest BCUT2D eigenvalue weighted by Crippen LogP contribution is 2.15. The van der Waals surface area contributed by atoms with Crippen LogP contribution in [0.2, 0.25) is 0 Å². The molecule has 0 radical (unpaired) electrons. The number of hydrogen-bond acceptors (Lipinski definition) is 5. The summed E-state index contributed by atoms with van der Waals surface area (Å²) in [6, 6.07) is 11.4. The third-order valence-electron chi connectivity index (χ3n) is 4.07. The predicted octanol–water partition coefficient (Wildman–Crippen LogP) is 1.31. The first-order valence-corrected chi connectivity index (χ1v) is 7.63. The van der Waals surface area contributed by atoms with Crippen molar-refractivity contribution in [2.24, 2.45) is 0 Å². The van der Waals surface area contributed by atoms with Crippen molar-refractivity contribution in [3.63, 3.8) is 0 Å². The number of pyridine rings is 1. The second kappa shape index (κ2) is 5.82. The van der Waals surface area contributed by atoms with Gasteiger partial charge in [-0.1, -0.05) is 30.3 Å². The summed E-state index contributed by atoms with van der Waals surface area (Å²) < 4.78 is 2.68. The smallest absolute Gasteiger partial charge is 0.327 e. The van der Waals surface area contributed by atoms with E-state index in [0.29, 0.717) is 11.2 Å². The number of carboxylic acids is 1. The minimum Gasteiger partial charge on any atom is -0.480 e. The quantitative estimate of drug-likeness (QED) is 0.603. The minimum atomic E-state index is -1.08. The maximum atomic E-state index is 12.8. The predicted molar refractivity (Wildman–Crippen MR) is 89.4 cm³/mol. The van der Waals surface area contributed by atoms with Crippen LogP contribution in [0.1, 0.15) is 11.6 Å². The Morgan fingerprint density at radius 2 is 1.92 bits per heavy atom. The average Bonchev–Trinajstić information content (AvgIpc) is 3.10. The van der Waals surface area contributed by atoms with Crippen LogP contribution in [0.25, 0.3) is 16.7 Å². The van der Waals surface area contributed by atoms with Crippen LogP contribution in [-0.2, 0) is 11.2 Å². The summed E-state index contributed by atoms with van der Waals surface area (Å²) in [5, 5.41) is 21.6. The van der Waals surface area contributed by atoms with E-state index >= 15 is 0 Å². The zero-order chi connectivity index (χ0) is 17.4. The molecule has 1 atom stereocenters. The Bertz CT molecular complexity index is 1130. The molecule has 0 bridgehead atoms. The van der Waals surface area contributed by atoms with Gasteiger partial charge in [-0.05, 0) is 11.6 Å². The van der Waals surface area contributed by atoms with E-state index in [1.807, 2.05) is 30.3 Å². The Morgan fingerprint density at radius 1 is 1.12 bits per heavy atom. The maximum Gasteiger partial charge on any atom is 0.327 e. The van der Waals surface area contributed by atoms with Gasteiger partial charge >= 0.3 is 5.97 Å². The summed E-state index contributed by atoms with van der Waals surface area (Å²) >= 11 is 0. The van der Waals surface area contributed by atoms with E-state index in [1.165, 1.54) is 15.3 Å². The van der Waals surface area contributed by atoms with Crippen LogP contribution >= 0.6 is 0 Å². The first kappa shape index (κ1) is 15.0. The fourth-order valence-electron chi connectivity index (χ4n) is 2.84. The molecule has 4 rings (SSSR count). The number of benzene rings is 1. The number of hydrogen-bond donors (Lipinski definition) is 1. The topological polar surface area (TPSA) is 102 Å². The first-order valence-electron chi connectivity index (χ1n) is 7.63. The zero-order valence-corrected chi connectivity index (χ0v) is 13.0. The highest BCUT2D eigenvalue weighted by Gasteiger charge is 2.23. The van der Waals surface area contributed by atoms with Gasteiger partial charge in [0, 0.05) is 18.7 Å². The van der Waals surface area contributed by atoms with Gasteiger partial charge < -0.3 is 5.11 Å². The molecule has 3 heterocycles. The van der Waals surface area contributed by atoms with E-state index in [-0.39, 0.29) is 11.9 Å². The minimum absolute atomic E-state index is 0.0815. The lowest BCUT2D eigenvalue weighted by Gasteiger charge is -2.16. The van der Waals surface area contributed by atoms with Gasteiger partial charge in [0.1, 0.15) is 11.6 Å². The molecule has 0 fully saturated rings. The Morgan fingerprint density at radius 3 is 2.68 bits per heavy atom. The second-order valence-electron chi connectivity index (χ2n) is 5.61. The van der Waals surface area contributed by atoms with Crippen LogP contribution in [0.5, 0.6) is 0 Å². The molecule has 0 saturated carbocycles. The van der Waals surface area contributed by atoms with Gasteiger partial charge in [-0.15, -0.1) is 10.2 Å². The molecule has 0 aliphatic carbocycles. The highest BCUT2D eigenvalue weighted by atomic mass is 16.4. The SMILES string of the molecule is O=C(O)[C@@H](Cc1ccccc1)n1ccc2c(nnc3ccnn32)c1=O. The van der Waals surface area contributed by atoms with E-state index < -0.39 is 17.6 Å². The Hall–Kier alpha value is -3.55. The van der Waals surface area contributed by atoms with Gasteiger partial charge in [0.2, 0.25) is 0 Å². The molecule has 8 nitrogen and oxygen atoms in total. The van der Waals surface area contributed by atoms with E-state index in [2.05, 4.69) is 15.3 Å². The lowest BCUT2D eigenvalue weighted by molar-refractivity contribution is -0.141. The molecule has 3 aromatic heterocycles. The van der Waals surface area contributed by atoms with Gasteiger partial charge in [0.15, 0.2) is 11.2 Å².